The second-order valence-electron chi connectivity index (χ2n) is 2.78. The first-order valence-electron chi connectivity index (χ1n) is 3.76. The smallest absolute Gasteiger partial charge is 0.325 e. The zero-order valence-corrected chi connectivity index (χ0v) is 8.35. The molecular weight excluding hydrogens is 178 g/mol. The van der Waals surface area contributed by atoms with Crippen molar-refractivity contribution in [3.05, 3.63) is 0 Å². The van der Waals surface area contributed by atoms with E-state index < -0.39 is 23.2 Å². The number of carbonyl (C=O) groups is 1. The SMILES string of the molecule is CNC(C[S+]([O-])C(C)C)C(=O)O. The standard InChI is InChI=1S/C7H15NO3S/c1-5(2)12(11)4-6(8-3)7(9)10/h5-6,8H,4H2,1-3H3,(H,9,10). The van der Waals surface area contributed by atoms with Crippen LogP contribution < -0.4 is 5.32 Å². The van der Waals surface area contributed by atoms with Gasteiger partial charge in [-0.15, -0.1) is 0 Å². The van der Waals surface area contributed by atoms with Crippen molar-refractivity contribution in [2.75, 3.05) is 12.8 Å². The Kier molecular flexibility index (Phi) is 5.28. The first-order chi connectivity index (χ1) is 5.49. The second-order valence-corrected chi connectivity index (χ2v) is 4.81. The molecule has 0 aromatic heterocycles. The molecule has 12 heavy (non-hydrogen) atoms. The van der Waals surface area contributed by atoms with Gasteiger partial charge in [-0.1, -0.05) is 0 Å². The summed E-state index contributed by atoms with van der Waals surface area (Å²) in [5.74, 6) is -0.782. The van der Waals surface area contributed by atoms with Crippen LogP contribution in [-0.2, 0) is 16.0 Å². The molecule has 0 saturated heterocycles. The van der Waals surface area contributed by atoms with E-state index >= 15 is 0 Å². The maximum absolute atomic E-state index is 11.2. The number of carboxylic acid groups (broad SMARTS) is 1. The average Bonchev–Trinajstić information content (AvgIpc) is 1.98. The van der Waals surface area contributed by atoms with Crippen molar-refractivity contribution in [1.82, 2.24) is 5.32 Å². The van der Waals surface area contributed by atoms with Gasteiger partial charge in [0.1, 0.15) is 11.0 Å². The van der Waals surface area contributed by atoms with Crippen molar-refractivity contribution >= 4 is 17.1 Å². The van der Waals surface area contributed by atoms with E-state index in [9.17, 15) is 9.35 Å². The molecule has 0 radical (unpaired) electrons. The van der Waals surface area contributed by atoms with Crippen LogP contribution in [0.25, 0.3) is 0 Å². The third-order valence-corrected chi connectivity index (χ3v) is 3.22. The zero-order valence-electron chi connectivity index (χ0n) is 7.53. The number of aliphatic carboxylic acids is 1. The molecule has 0 spiro atoms. The van der Waals surface area contributed by atoms with Gasteiger partial charge >= 0.3 is 5.97 Å². The maximum atomic E-state index is 11.2. The zero-order chi connectivity index (χ0) is 9.72. The summed E-state index contributed by atoms with van der Waals surface area (Å²) < 4.78 is 11.2. The first kappa shape index (κ1) is 11.7. The number of likely N-dealkylation sites (N-methyl/N-ethyl adjacent to an activating group) is 1. The minimum Gasteiger partial charge on any atom is -0.616 e. The fourth-order valence-electron chi connectivity index (χ4n) is 0.635. The molecule has 0 aliphatic heterocycles. The van der Waals surface area contributed by atoms with E-state index in [0.29, 0.717) is 0 Å². The molecule has 0 heterocycles. The van der Waals surface area contributed by atoms with Crippen LogP contribution in [0.15, 0.2) is 0 Å². The van der Waals surface area contributed by atoms with Crippen LogP contribution in [-0.4, -0.2) is 39.7 Å². The molecule has 5 heteroatoms. The first-order valence-corrected chi connectivity index (χ1v) is 5.14. The van der Waals surface area contributed by atoms with Crippen molar-refractivity contribution in [1.29, 1.82) is 0 Å². The lowest BCUT2D eigenvalue weighted by molar-refractivity contribution is -0.138. The van der Waals surface area contributed by atoms with E-state index in [1.54, 1.807) is 7.05 Å². The summed E-state index contributed by atoms with van der Waals surface area (Å²) in [7, 11) is 1.55. The summed E-state index contributed by atoms with van der Waals surface area (Å²) in [4.78, 5) is 10.5. The van der Waals surface area contributed by atoms with Crippen LogP contribution >= 0.6 is 0 Å². The van der Waals surface area contributed by atoms with Crippen LogP contribution in [0.3, 0.4) is 0 Å². The van der Waals surface area contributed by atoms with E-state index in [0.717, 1.165) is 0 Å². The van der Waals surface area contributed by atoms with Crippen LogP contribution in [0.2, 0.25) is 0 Å². The Morgan fingerprint density at radius 1 is 1.67 bits per heavy atom. The highest BCUT2D eigenvalue weighted by molar-refractivity contribution is 7.92. The summed E-state index contributed by atoms with van der Waals surface area (Å²) in [6.07, 6.45) is 0. The van der Waals surface area contributed by atoms with Crippen molar-refractivity contribution < 1.29 is 14.5 Å². The molecule has 2 N–H and O–H groups in total. The van der Waals surface area contributed by atoms with Crippen LogP contribution in [0, 0.1) is 0 Å². The largest absolute Gasteiger partial charge is 0.616 e. The van der Waals surface area contributed by atoms with Gasteiger partial charge in [0.25, 0.3) is 0 Å². The third kappa shape index (κ3) is 3.94. The molecule has 0 rings (SSSR count). The van der Waals surface area contributed by atoms with Crippen LogP contribution in [0.4, 0.5) is 0 Å². The normalized spacial score (nSPS) is 16.1. The molecule has 0 fully saturated rings. The highest BCUT2D eigenvalue weighted by Gasteiger charge is 2.23. The van der Waals surface area contributed by atoms with Gasteiger partial charge in [0.05, 0.1) is 0 Å². The van der Waals surface area contributed by atoms with Gasteiger partial charge in [-0.25, -0.2) is 0 Å². The van der Waals surface area contributed by atoms with E-state index in [1.807, 2.05) is 13.8 Å². The molecule has 0 saturated carbocycles. The molecular formula is C7H15NO3S. The Hall–Kier alpha value is -0.260. The lowest BCUT2D eigenvalue weighted by Crippen LogP contribution is -2.41. The summed E-state index contributed by atoms with van der Waals surface area (Å²) in [5.41, 5.74) is 0. The topological polar surface area (TPSA) is 72.4 Å². The Bertz CT molecular complexity index is 152. The van der Waals surface area contributed by atoms with Gasteiger partial charge in [-0.2, -0.15) is 0 Å². The predicted molar refractivity (Wildman–Crippen MR) is 48.6 cm³/mol. The minimum atomic E-state index is -1.07. The third-order valence-electron chi connectivity index (χ3n) is 1.50. The number of carboxylic acids is 1. The van der Waals surface area contributed by atoms with Gasteiger partial charge in [-0.3, -0.25) is 4.79 Å². The molecule has 2 atom stereocenters. The fraction of sp³-hybridized carbons (Fsp3) is 0.857. The van der Waals surface area contributed by atoms with Gasteiger partial charge in [-0.05, 0) is 32.1 Å². The lowest BCUT2D eigenvalue weighted by atomic mass is 10.3. The van der Waals surface area contributed by atoms with Gasteiger partial charge in [0.15, 0.2) is 6.04 Å². The summed E-state index contributed by atoms with van der Waals surface area (Å²) in [6.45, 7) is 3.62. The molecule has 0 aliphatic rings. The highest BCUT2D eigenvalue weighted by Crippen LogP contribution is 2.02. The number of hydrogen-bond donors (Lipinski definition) is 2. The minimum absolute atomic E-state index is 0.0141. The van der Waals surface area contributed by atoms with Crippen LogP contribution in [0.1, 0.15) is 13.8 Å². The number of rotatable bonds is 5. The highest BCUT2D eigenvalue weighted by atomic mass is 32.2. The maximum Gasteiger partial charge on any atom is 0.325 e. The van der Waals surface area contributed by atoms with Crippen molar-refractivity contribution in [3.63, 3.8) is 0 Å². The molecule has 4 nitrogen and oxygen atoms in total. The molecule has 0 aliphatic carbocycles. The molecule has 2 unspecified atom stereocenters. The summed E-state index contributed by atoms with van der Waals surface area (Å²) >= 11 is -1.07. The average molecular weight is 193 g/mol. The van der Waals surface area contributed by atoms with E-state index in [4.69, 9.17) is 5.11 Å². The fourth-order valence-corrected chi connectivity index (χ4v) is 1.66. The molecule has 0 aromatic carbocycles. The quantitative estimate of drug-likeness (QED) is 0.594. The Morgan fingerprint density at radius 2 is 2.17 bits per heavy atom. The van der Waals surface area contributed by atoms with Crippen molar-refractivity contribution in [2.24, 2.45) is 0 Å². The Balaban J connectivity index is 3.94. The number of nitrogens with one attached hydrogen (secondary N) is 1. The summed E-state index contributed by atoms with van der Waals surface area (Å²) in [6, 6.07) is -0.701. The van der Waals surface area contributed by atoms with Gasteiger partial charge in [0.2, 0.25) is 0 Å². The monoisotopic (exact) mass is 193 g/mol. The van der Waals surface area contributed by atoms with Gasteiger partial charge < -0.3 is 15.0 Å². The molecule has 72 valence electrons. The molecule has 0 amide bonds. The van der Waals surface area contributed by atoms with E-state index in [1.165, 1.54) is 0 Å². The Morgan fingerprint density at radius 3 is 2.42 bits per heavy atom. The van der Waals surface area contributed by atoms with Gasteiger partial charge in [0, 0.05) is 0 Å². The van der Waals surface area contributed by atoms with E-state index in [-0.39, 0.29) is 11.0 Å². The summed E-state index contributed by atoms with van der Waals surface area (Å²) in [5, 5.41) is 11.2. The molecule has 0 bridgehead atoms. The second kappa shape index (κ2) is 5.40. The van der Waals surface area contributed by atoms with Crippen molar-refractivity contribution in [3.8, 4) is 0 Å². The van der Waals surface area contributed by atoms with Crippen molar-refractivity contribution in [2.45, 2.75) is 25.1 Å². The van der Waals surface area contributed by atoms with E-state index in [2.05, 4.69) is 5.32 Å². The number of hydrogen-bond acceptors (Lipinski definition) is 3. The molecule has 0 aromatic rings. The Labute approximate surface area is 75.5 Å². The van der Waals surface area contributed by atoms with Crippen LogP contribution in [0.5, 0.6) is 0 Å². The predicted octanol–water partition coefficient (Wildman–Crippen LogP) is -0.184. The lowest BCUT2D eigenvalue weighted by Gasteiger charge is -2.18.